The van der Waals surface area contributed by atoms with Crippen molar-refractivity contribution in [3.63, 3.8) is 0 Å². The van der Waals surface area contributed by atoms with E-state index in [1.165, 1.54) is 0 Å². The summed E-state index contributed by atoms with van der Waals surface area (Å²) >= 11 is 0. The van der Waals surface area contributed by atoms with Gasteiger partial charge in [0.05, 0.1) is 6.61 Å². The maximum Gasteiger partial charge on any atom is 0.404 e. The Morgan fingerprint density at radius 1 is 1.55 bits per heavy atom. The zero-order chi connectivity index (χ0) is 8.85. The van der Waals surface area contributed by atoms with Crippen LogP contribution in [0.5, 0.6) is 0 Å². The highest BCUT2D eigenvalue weighted by Gasteiger charge is 2.12. The van der Waals surface area contributed by atoms with Crippen LogP contribution < -0.4 is 5.73 Å². The molecule has 11 heavy (non-hydrogen) atoms. The van der Waals surface area contributed by atoms with Crippen molar-refractivity contribution < 1.29 is 9.53 Å². The standard InChI is InChI=1S/C8H17NO2/c1-4-7(6(2)3)5-11-8(9)10/h6-7H,4-5H2,1-3H3,(H2,9,10). The highest BCUT2D eigenvalue weighted by atomic mass is 16.5. The highest BCUT2D eigenvalue weighted by Crippen LogP contribution is 2.14. The Kier molecular flexibility index (Phi) is 4.66. The predicted octanol–water partition coefficient (Wildman–Crippen LogP) is 1.76. The van der Waals surface area contributed by atoms with Gasteiger partial charge < -0.3 is 10.5 Å². The lowest BCUT2D eigenvalue weighted by Gasteiger charge is -2.17. The second kappa shape index (κ2) is 4.99. The molecular formula is C8H17NO2. The number of hydrogen-bond donors (Lipinski definition) is 1. The third-order valence-corrected chi connectivity index (χ3v) is 1.91. The number of ether oxygens (including phenoxy) is 1. The summed E-state index contributed by atoms with van der Waals surface area (Å²) in [5.74, 6) is 0.974. The Balaban J connectivity index is 3.61. The number of carbonyl (C=O) groups excluding carboxylic acids is 1. The van der Waals surface area contributed by atoms with Gasteiger partial charge in [0.15, 0.2) is 0 Å². The van der Waals surface area contributed by atoms with Crippen LogP contribution in [-0.4, -0.2) is 12.7 Å². The highest BCUT2D eigenvalue weighted by molar-refractivity contribution is 5.64. The van der Waals surface area contributed by atoms with E-state index in [0.717, 1.165) is 6.42 Å². The summed E-state index contributed by atoms with van der Waals surface area (Å²) in [7, 11) is 0. The maximum atomic E-state index is 10.2. The summed E-state index contributed by atoms with van der Waals surface area (Å²) in [5.41, 5.74) is 4.83. The normalized spacial score (nSPS) is 13.1. The Hall–Kier alpha value is -0.730. The molecule has 3 heteroatoms. The van der Waals surface area contributed by atoms with E-state index in [4.69, 9.17) is 10.5 Å². The molecular weight excluding hydrogens is 142 g/mol. The second-order valence-corrected chi connectivity index (χ2v) is 3.04. The third-order valence-electron chi connectivity index (χ3n) is 1.91. The minimum Gasteiger partial charge on any atom is -0.449 e. The van der Waals surface area contributed by atoms with Crippen molar-refractivity contribution >= 4 is 6.09 Å². The minimum atomic E-state index is -0.677. The van der Waals surface area contributed by atoms with E-state index in [0.29, 0.717) is 18.4 Å². The number of carbonyl (C=O) groups is 1. The molecule has 0 rings (SSSR count). The van der Waals surface area contributed by atoms with Gasteiger partial charge >= 0.3 is 6.09 Å². The van der Waals surface area contributed by atoms with Crippen LogP contribution in [0.25, 0.3) is 0 Å². The van der Waals surface area contributed by atoms with E-state index >= 15 is 0 Å². The molecule has 0 saturated heterocycles. The zero-order valence-corrected chi connectivity index (χ0v) is 7.46. The molecule has 0 aliphatic carbocycles. The average molecular weight is 159 g/mol. The summed E-state index contributed by atoms with van der Waals surface area (Å²) in [6.45, 7) is 6.75. The van der Waals surface area contributed by atoms with E-state index in [1.807, 2.05) is 0 Å². The van der Waals surface area contributed by atoms with Gasteiger partial charge in [0.2, 0.25) is 0 Å². The fourth-order valence-electron chi connectivity index (χ4n) is 0.971. The van der Waals surface area contributed by atoms with E-state index < -0.39 is 6.09 Å². The smallest absolute Gasteiger partial charge is 0.404 e. The van der Waals surface area contributed by atoms with Crippen molar-refractivity contribution in [2.75, 3.05) is 6.61 Å². The molecule has 0 aliphatic heterocycles. The molecule has 3 nitrogen and oxygen atoms in total. The largest absolute Gasteiger partial charge is 0.449 e. The van der Waals surface area contributed by atoms with Gasteiger partial charge in [-0.05, 0) is 18.3 Å². The molecule has 0 aromatic carbocycles. The van der Waals surface area contributed by atoms with Crippen LogP contribution in [0.3, 0.4) is 0 Å². The van der Waals surface area contributed by atoms with Crippen LogP contribution in [0.1, 0.15) is 27.2 Å². The first-order chi connectivity index (χ1) is 5.07. The Bertz CT molecular complexity index is 123. The first-order valence-electron chi connectivity index (χ1n) is 4.00. The summed E-state index contributed by atoms with van der Waals surface area (Å²) in [4.78, 5) is 10.2. The lowest BCUT2D eigenvalue weighted by atomic mass is 9.94. The Morgan fingerprint density at radius 3 is 2.36 bits per heavy atom. The molecule has 2 N–H and O–H groups in total. The van der Waals surface area contributed by atoms with Gasteiger partial charge in [-0.15, -0.1) is 0 Å². The molecule has 0 radical (unpaired) electrons. The SMILES string of the molecule is CCC(COC(N)=O)C(C)C. The topological polar surface area (TPSA) is 52.3 Å². The average Bonchev–Trinajstić information content (AvgIpc) is 1.87. The van der Waals surface area contributed by atoms with Crippen molar-refractivity contribution in [2.45, 2.75) is 27.2 Å². The van der Waals surface area contributed by atoms with E-state index in [-0.39, 0.29) is 0 Å². The molecule has 1 amide bonds. The zero-order valence-electron chi connectivity index (χ0n) is 7.46. The van der Waals surface area contributed by atoms with Crippen LogP contribution in [0.4, 0.5) is 4.79 Å². The van der Waals surface area contributed by atoms with Crippen LogP contribution in [0.2, 0.25) is 0 Å². The summed E-state index contributed by atoms with van der Waals surface area (Å²) < 4.78 is 4.70. The van der Waals surface area contributed by atoms with Gasteiger partial charge in [-0.25, -0.2) is 4.79 Å². The molecule has 0 spiro atoms. The molecule has 0 saturated carbocycles. The number of rotatable bonds is 4. The summed E-state index contributed by atoms with van der Waals surface area (Å²) in [6.07, 6.45) is 0.342. The van der Waals surface area contributed by atoms with Crippen LogP contribution >= 0.6 is 0 Å². The fraction of sp³-hybridized carbons (Fsp3) is 0.875. The molecule has 0 aromatic heterocycles. The molecule has 1 unspecified atom stereocenters. The Labute approximate surface area is 67.9 Å². The lowest BCUT2D eigenvalue weighted by molar-refractivity contribution is 0.122. The number of hydrogen-bond acceptors (Lipinski definition) is 2. The van der Waals surface area contributed by atoms with Gasteiger partial charge in [0, 0.05) is 0 Å². The van der Waals surface area contributed by atoms with E-state index in [9.17, 15) is 4.79 Å². The molecule has 0 aromatic rings. The van der Waals surface area contributed by atoms with E-state index in [2.05, 4.69) is 20.8 Å². The first kappa shape index (κ1) is 10.3. The molecule has 0 bridgehead atoms. The molecule has 1 atom stereocenters. The maximum absolute atomic E-state index is 10.2. The van der Waals surface area contributed by atoms with Crippen molar-refractivity contribution in [1.82, 2.24) is 0 Å². The van der Waals surface area contributed by atoms with Crippen LogP contribution in [-0.2, 0) is 4.74 Å². The fourth-order valence-corrected chi connectivity index (χ4v) is 0.971. The molecule has 0 fully saturated rings. The lowest BCUT2D eigenvalue weighted by Crippen LogP contribution is -2.21. The third kappa shape index (κ3) is 4.65. The van der Waals surface area contributed by atoms with Gasteiger partial charge in [0.1, 0.15) is 0 Å². The van der Waals surface area contributed by atoms with Crippen molar-refractivity contribution in [3.05, 3.63) is 0 Å². The first-order valence-corrected chi connectivity index (χ1v) is 4.00. The summed E-state index contributed by atoms with van der Waals surface area (Å²) in [6, 6.07) is 0. The van der Waals surface area contributed by atoms with Crippen molar-refractivity contribution in [3.8, 4) is 0 Å². The Morgan fingerprint density at radius 2 is 2.09 bits per heavy atom. The van der Waals surface area contributed by atoms with Crippen molar-refractivity contribution in [1.29, 1.82) is 0 Å². The van der Waals surface area contributed by atoms with Crippen molar-refractivity contribution in [2.24, 2.45) is 17.6 Å². The summed E-state index contributed by atoms with van der Waals surface area (Å²) in [5, 5.41) is 0. The molecule has 66 valence electrons. The minimum absolute atomic E-state index is 0.433. The van der Waals surface area contributed by atoms with Gasteiger partial charge in [0.25, 0.3) is 0 Å². The second-order valence-electron chi connectivity index (χ2n) is 3.04. The van der Waals surface area contributed by atoms with Crippen LogP contribution in [0.15, 0.2) is 0 Å². The number of nitrogens with two attached hydrogens (primary N) is 1. The molecule has 0 heterocycles. The quantitative estimate of drug-likeness (QED) is 0.679. The van der Waals surface area contributed by atoms with Gasteiger partial charge in [-0.1, -0.05) is 20.8 Å². The van der Waals surface area contributed by atoms with Crippen LogP contribution in [0, 0.1) is 11.8 Å². The number of primary amides is 1. The van der Waals surface area contributed by atoms with Gasteiger partial charge in [-0.3, -0.25) is 0 Å². The number of amides is 1. The van der Waals surface area contributed by atoms with E-state index in [1.54, 1.807) is 0 Å². The molecule has 0 aliphatic rings. The monoisotopic (exact) mass is 159 g/mol. The predicted molar refractivity (Wildman–Crippen MR) is 44.2 cm³/mol. The van der Waals surface area contributed by atoms with Gasteiger partial charge in [-0.2, -0.15) is 0 Å².